The van der Waals surface area contributed by atoms with Crippen molar-refractivity contribution in [3.8, 4) is 0 Å². The third kappa shape index (κ3) is 3.68. The Balaban J connectivity index is 0.000000956. The average Bonchev–Trinajstić information content (AvgIpc) is 2.46. The molecule has 1 aliphatic heterocycles. The Hall–Kier alpha value is -1.65. The summed E-state index contributed by atoms with van der Waals surface area (Å²) in [5, 5.41) is 6.12. The van der Waals surface area contributed by atoms with Crippen LogP contribution in [0.3, 0.4) is 0 Å². The van der Waals surface area contributed by atoms with E-state index in [2.05, 4.69) is 17.2 Å². The number of hydrogen-bond donors (Lipinski definition) is 2. The molecular weight excluding hydrogens is 265 g/mol. The molecule has 2 N–H and O–H groups in total. The molecule has 2 rings (SSSR count). The van der Waals surface area contributed by atoms with Gasteiger partial charge >= 0.3 is 6.18 Å². The molecule has 0 bridgehead atoms. The lowest BCUT2D eigenvalue weighted by atomic mass is 10.1. The third-order valence-corrected chi connectivity index (χ3v) is 2.94. The van der Waals surface area contributed by atoms with Crippen LogP contribution in [-0.4, -0.2) is 6.04 Å². The summed E-state index contributed by atoms with van der Waals surface area (Å²) in [6, 6.07) is 2.81. The molecule has 0 aliphatic carbocycles. The summed E-state index contributed by atoms with van der Waals surface area (Å²) in [5.41, 5.74) is 1.44. The van der Waals surface area contributed by atoms with E-state index in [1.54, 1.807) is 0 Å². The van der Waals surface area contributed by atoms with Crippen LogP contribution in [0.25, 0.3) is 0 Å². The number of alkyl halides is 3. The van der Waals surface area contributed by atoms with Crippen LogP contribution in [0.15, 0.2) is 24.4 Å². The number of nitrogens with one attached hydrogen (secondary N) is 2. The largest absolute Gasteiger partial charge is 0.416 e. The maximum atomic E-state index is 12.8. The van der Waals surface area contributed by atoms with Gasteiger partial charge in [-0.15, -0.1) is 0 Å². The summed E-state index contributed by atoms with van der Waals surface area (Å²) in [6.07, 6.45) is -3.66. The second-order valence-corrected chi connectivity index (χ2v) is 4.69. The lowest BCUT2D eigenvalue weighted by Gasteiger charge is -2.16. The SMILES string of the molecule is C=C1CC(C)Nc2cc(C)c(C(F)(F)F)cc2N1.CC. The van der Waals surface area contributed by atoms with Crippen molar-refractivity contribution in [1.29, 1.82) is 0 Å². The molecule has 2 nitrogen and oxygen atoms in total. The van der Waals surface area contributed by atoms with Crippen molar-refractivity contribution in [1.82, 2.24) is 0 Å². The van der Waals surface area contributed by atoms with E-state index in [1.165, 1.54) is 13.0 Å². The van der Waals surface area contributed by atoms with E-state index < -0.39 is 11.7 Å². The summed E-state index contributed by atoms with van der Waals surface area (Å²) in [4.78, 5) is 0. The third-order valence-electron chi connectivity index (χ3n) is 2.94. The van der Waals surface area contributed by atoms with Crippen molar-refractivity contribution in [3.63, 3.8) is 0 Å². The maximum Gasteiger partial charge on any atom is 0.416 e. The van der Waals surface area contributed by atoms with Crippen LogP contribution in [0.5, 0.6) is 0 Å². The first-order chi connectivity index (χ1) is 9.27. The molecular formula is C15H21F3N2. The first-order valence-corrected chi connectivity index (χ1v) is 6.70. The van der Waals surface area contributed by atoms with Gasteiger partial charge in [0.05, 0.1) is 16.9 Å². The van der Waals surface area contributed by atoms with Gasteiger partial charge in [0, 0.05) is 18.2 Å². The van der Waals surface area contributed by atoms with E-state index in [9.17, 15) is 13.2 Å². The molecule has 5 heteroatoms. The van der Waals surface area contributed by atoms with Crippen LogP contribution in [0.1, 0.15) is 38.3 Å². The minimum absolute atomic E-state index is 0.141. The lowest BCUT2D eigenvalue weighted by molar-refractivity contribution is -0.138. The highest BCUT2D eigenvalue weighted by molar-refractivity contribution is 5.74. The van der Waals surface area contributed by atoms with Crippen LogP contribution in [0.4, 0.5) is 24.5 Å². The Morgan fingerprint density at radius 2 is 1.80 bits per heavy atom. The maximum absolute atomic E-state index is 12.8. The zero-order valence-electron chi connectivity index (χ0n) is 12.3. The molecule has 1 aromatic carbocycles. The molecule has 112 valence electrons. The van der Waals surface area contributed by atoms with Crippen LogP contribution in [0.2, 0.25) is 0 Å². The van der Waals surface area contributed by atoms with Crippen molar-refractivity contribution in [3.05, 3.63) is 35.5 Å². The molecule has 0 radical (unpaired) electrons. The normalized spacial score (nSPS) is 17.9. The quantitative estimate of drug-likeness (QED) is 0.687. The fraction of sp³-hybridized carbons (Fsp3) is 0.467. The Morgan fingerprint density at radius 3 is 2.35 bits per heavy atom. The van der Waals surface area contributed by atoms with Crippen LogP contribution in [-0.2, 0) is 6.18 Å². The minimum atomic E-state index is -4.33. The highest BCUT2D eigenvalue weighted by Crippen LogP contribution is 2.38. The second kappa shape index (κ2) is 6.20. The zero-order valence-corrected chi connectivity index (χ0v) is 12.3. The van der Waals surface area contributed by atoms with Crippen molar-refractivity contribution >= 4 is 11.4 Å². The topological polar surface area (TPSA) is 24.1 Å². The van der Waals surface area contributed by atoms with Crippen LogP contribution >= 0.6 is 0 Å². The number of rotatable bonds is 0. The predicted molar refractivity (Wildman–Crippen MR) is 78.0 cm³/mol. The van der Waals surface area contributed by atoms with E-state index >= 15 is 0 Å². The molecule has 20 heavy (non-hydrogen) atoms. The van der Waals surface area contributed by atoms with Crippen molar-refractivity contribution in [2.75, 3.05) is 10.6 Å². The van der Waals surface area contributed by atoms with Gasteiger partial charge in [0.1, 0.15) is 0 Å². The molecule has 0 aromatic heterocycles. The average molecular weight is 286 g/mol. The van der Waals surface area contributed by atoms with Crippen molar-refractivity contribution in [2.45, 2.75) is 46.3 Å². The molecule has 0 saturated carbocycles. The molecule has 1 aliphatic rings. The number of hydrogen-bond acceptors (Lipinski definition) is 2. The van der Waals surface area contributed by atoms with E-state index in [-0.39, 0.29) is 11.6 Å². The number of benzene rings is 1. The summed E-state index contributed by atoms with van der Waals surface area (Å²) < 4.78 is 38.5. The first-order valence-electron chi connectivity index (χ1n) is 6.70. The molecule has 1 atom stereocenters. The fourth-order valence-electron chi connectivity index (χ4n) is 2.16. The zero-order chi connectivity index (χ0) is 15.5. The summed E-state index contributed by atoms with van der Waals surface area (Å²) in [6.45, 7) is 11.2. The Morgan fingerprint density at radius 1 is 1.20 bits per heavy atom. The molecule has 0 amide bonds. The van der Waals surface area contributed by atoms with Crippen LogP contribution in [0, 0.1) is 6.92 Å². The Kier molecular flexibility index (Phi) is 5.09. The van der Waals surface area contributed by atoms with Gasteiger partial charge in [-0.2, -0.15) is 13.2 Å². The van der Waals surface area contributed by atoms with Gasteiger partial charge in [-0.25, -0.2) is 0 Å². The molecule has 1 heterocycles. The molecule has 0 fully saturated rings. The number of halogens is 3. The van der Waals surface area contributed by atoms with Crippen LogP contribution < -0.4 is 10.6 Å². The summed E-state index contributed by atoms with van der Waals surface area (Å²) in [7, 11) is 0. The molecule has 1 aromatic rings. The van der Waals surface area contributed by atoms with Gasteiger partial charge in [-0.05, 0) is 31.5 Å². The monoisotopic (exact) mass is 286 g/mol. The summed E-state index contributed by atoms with van der Waals surface area (Å²) in [5.74, 6) is 0. The second-order valence-electron chi connectivity index (χ2n) is 4.69. The van der Waals surface area contributed by atoms with Gasteiger partial charge < -0.3 is 10.6 Å². The fourth-order valence-corrected chi connectivity index (χ4v) is 2.16. The number of anilines is 2. The smallest absolute Gasteiger partial charge is 0.381 e. The van der Waals surface area contributed by atoms with Gasteiger partial charge in [0.15, 0.2) is 0 Å². The van der Waals surface area contributed by atoms with Gasteiger partial charge in [0.25, 0.3) is 0 Å². The molecule has 0 spiro atoms. The predicted octanol–water partition coefficient (Wildman–Crippen LogP) is 5.17. The van der Waals surface area contributed by atoms with Gasteiger partial charge in [-0.3, -0.25) is 0 Å². The van der Waals surface area contributed by atoms with E-state index in [0.717, 1.165) is 6.07 Å². The first kappa shape index (κ1) is 16.4. The van der Waals surface area contributed by atoms with Crippen molar-refractivity contribution in [2.24, 2.45) is 0 Å². The standard InChI is InChI=1S/C13H15F3N2.C2H6/c1-7-4-11-12(6-10(7)13(14,15)16)18-9(3)5-8(2)17-11;1-2/h4,6,8,17-18H,3,5H2,1-2H3;1-2H3. The minimum Gasteiger partial charge on any atom is -0.381 e. The number of fused-ring (bicyclic) bond motifs is 1. The Bertz CT molecular complexity index is 493. The number of aryl methyl sites for hydroxylation is 1. The highest BCUT2D eigenvalue weighted by Gasteiger charge is 2.33. The van der Waals surface area contributed by atoms with E-state index in [0.29, 0.717) is 23.5 Å². The van der Waals surface area contributed by atoms with E-state index in [1.807, 2.05) is 20.8 Å². The Labute approximate surface area is 118 Å². The van der Waals surface area contributed by atoms with Crippen molar-refractivity contribution < 1.29 is 13.2 Å². The molecule has 0 saturated heterocycles. The van der Waals surface area contributed by atoms with Gasteiger partial charge in [0.2, 0.25) is 0 Å². The van der Waals surface area contributed by atoms with E-state index in [4.69, 9.17) is 0 Å². The van der Waals surface area contributed by atoms with Gasteiger partial charge in [-0.1, -0.05) is 20.4 Å². The summed E-state index contributed by atoms with van der Waals surface area (Å²) >= 11 is 0. The molecule has 1 unspecified atom stereocenters. The highest BCUT2D eigenvalue weighted by atomic mass is 19.4. The lowest BCUT2D eigenvalue weighted by Crippen LogP contribution is -2.14.